The van der Waals surface area contributed by atoms with E-state index in [-0.39, 0.29) is 0 Å². The van der Waals surface area contributed by atoms with E-state index in [0.717, 1.165) is 19.3 Å². The van der Waals surface area contributed by atoms with Crippen molar-refractivity contribution in [1.82, 2.24) is 0 Å². The van der Waals surface area contributed by atoms with Gasteiger partial charge in [0, 0.05) is 21.8 Å². The predicted molar refractivity (Wildman–Crippen MR) is 66.4 cm³/mol. The van der Waals surface area contributed by atoms with Crippen molar-refractivity contribution >= 4 is 21.2 Å². The molecule has 0 N–H and O–H groups in total. The van der Waals surface area contributed by atoms with Crippen LogP contribution in [0, 0.1) is 13.8 Å². The summed E-state index contributed by atoms with van der Waals surface area (Å²) in [6.07, 6.45) is 4.04. The summed E-state index contributed by atoms with van der Waals surface area (Å²) in [5.41, 5.74) is 1.38. The van der Waals surface area contributed by atoms with Gasteiger partial charge in [0.05, 0.1) is 0 Å². The summed E-state index contributed by atoms with van der Waals surface area (Å²) in [5, 5.41) is 0. The van der Waals surface area contributed by atoms with Crippen molar-refractivity contribution in [2.75, 3.05) is 12.0 Å². The fraction of sp³-hybridized carbons (Fsp3) is 0.636. The Morgan fingerprint density at radius 1 is 1.27 bits per heavy atom. The van der Waals surface area contributed by atoms with Crippen LogP contribution in [0.2, 0.25) is 0 Å². The summed E-state index contributed by atoms with van der Waals surface area (Å²) in [6.45, 7) is 4.24. The van der Waals surface area contributed by atoms with Crippen LogP contribution < -0.4 is 0 Å². The molecule has 0 aromatic carbocycles. The van der Waals surface area contributed by atoms with E-state index in [1.165, 1.54) is 21.6 Å². The molecule has 1 rings (SSSR count). The zero-order valence-electron chi connectivity index (χ0n) is 9.54. The second kappa shape index (κ2) is 5.12. The van der Waals surface area contributed by atoms with Crippen molar-refractivity contribution in [3.05, 3.63) is 21.4 Å². The van der Waals surface area contributed by atoms with Gasteiger partial charge in [0.2, 0.25) is 0 Å². The smallest absolute Gasteiger partial charge is 0.147 e. The third kappa shape index (κ3) is 4.80. The summed E-state index contributed by atoms with van der Waals surface area (Å²) in [4.78, 5) is 2.71. The zero-order valence-corrected chi connectivity index (χ0v) is 11.2. The Labute approximate surface area is 96.3 Å². The van der Waals surface area contributed by atoms with Crippen molar-refractivity contribution < 1.29 is 8.42 Å². The molecule has 2 nitrogen and oxygen atoms in total. The molecule has 1 heterocycles. The molecule has 0 aliphatic heterocycles. The monoisotopic (exact) mass is 246 g/mol. The minimum absolute atomic E-state index is 0.315. The molecule has 4 heteroatoms. The average molecular weight is 246 g/mol. The molecule has 1 aromatic rings. The molecule has 0 saturated heterocycles. The number of thiophene rings is 1. The van der Waals surface area contributed by atoms with Gasteiger partial charge in [-0.1, -0.05) is 0 Å². The maximum absolute atomic E-state index is 10.9. The SMILES string of the molecule is Cc1cc(CCCCS(C)(=O)=O)c(C)s1. The number of hydrogen-bond donors (Lipinski definition) is 0. The molecular weight excluding hydrogens is 228 g/mol. The lowest BCUT2D eigenvalue weighted by Gasteiger charge is -1.99. The first-order chi connectivity index (χ1) is 6.88. The predicted octanol–water partition coefficient (Wildman–Crippen LogP) is 2.73. The van der Waals surface area contributed by atoms with E-state index in [4.69, 9.17) is 0 Å². The molecule has 0 amide bonds. The van der Waals surface area contributed by atoms with Gasteiger partial charge in [0.25, 0.3) is 0 Å². The highest BCUT2D eigenvalue weighted by atomic mass is 32.2. The zero-order chi connectivity index (χ0) is 11.5. The molecule has 0 fully saturated rings. The Morgan fingerprint density at radius 3 is 2.40 bits per heavy atom. The van der Waals surface area contributed by atoms with E-state index in [2.05, 4.69) is 19.9 Å². The first-order valence-electron chi connectivity index (χ1n) is 5.12. The van der Waals surface area contributed by atoms with Gasteiger partial charge in [-0.3, -0.25) is 0 Å². The first-order valence-corrected chi connectivity index (χ1v) is 8.00. The molecule has 1 aromatic heterocycles. The molecule has 0 saturated carbocycles. The van der Waals surface area contributed by atoms with Crippen molar-refractivity contribution in [3.63, 3.8) is 0 Å². The van der Waals surface area contributed by atoms with E-state index in [0.29, 0.717) is 5.75 Å². The van der Waals surface area contributed by atoms with E-state index in [1.807, 2.05) is 11.3 Å². The van der Waals surface area contributed by atoms with Crippen LogP contribution in [-0.4, -0.2) is 20.4 Å². The molecule has 0 aliphatic rings. The molecule has 0 atom stereocenters. The van der Waals surface area contributed by atoms with Gasteiger partial charge in [0.1, 0.15) is 9.84 Å². The van der Waals surface area contributed by atoms with Crippen molar-refractivity contribution in [1.29, 1.82) is 0 Å². The van der Waals surface area contributed by atoms with Gasteiger partial charge in [-0.15, -0.1) is 11.3 Å². The van der Waals surface area contributed by atoms with Gasteiger partial charge in [0.15, 0.2) is 0 Å². The lowest BCUT2D eigenvalue weighted by molar-refractivity contribution is 0.597. The Hall–Kier alpha value is -0.350. The third-order valence-corrected chi connectivity index (χ3v) is 4.39. The highest BCUT2D eigenvalue weighted by molar-refractivity contribution is 7.90. The Morgan fingerprint density at radius 2 is 1.93 bits per heavy atom. The number of sulfone groups is 1. The fourth-order valence-corrected chi connectivity index (χ4v) is 3.32. The highest BCUT2D eigenvalue weighted by Gasteiger charge is 2.04. The minimum Gasteiger partial charge on any atom is -0.229 e. The van der Waals surface area contributed by atoms with E-state index < -0.39 is 9.84 Å². The Balaban J connectivity index is 2.35. The molecule has 0 bridgehead atoms. The summed E-state index contributed by atoms with van der Waals surface area (Å²) < 4.78 is 21.8. The minimum atomic E-state index is -2.78. The van der Waals surface area contributed by atoms with Crippen molar-refractivity contribution in [3.8, 4) is 0 Å². The summed E-state index contributed by atoms with van der Waals surface area (Å²) in [6, 6.07) is 2.21. The molecule has 0 aliphatic carbocycles. The summed E-state index contributed by atoms with van der Waals surface area (Å²) in [5.74, 6) is 0.315. The molecule has 0 unspecified atom stereocenters. The largest absolute Gasteiger partial charge is 0.229 e. The highest BCUT2D eigenvalue weighted by Crippen LogP contribution is 2.22. The first kappa shape index (κ1) is 12.7. The van der Waals surface area contributed by atoms with Gasteiger partial charge in [-0.2, -0.15) is 0 Å². The molecular formula is C11H18O2S2. The third-order valence-electron chi connectivity index (χ3n) is 2.36. The van der Waals surface area contributed by atoms with Crippen LogP contribution in [0.3, 0.4) is 0 Å². The normalized spacial score (nSPS) is 11.9. The average Bonchev–Trinajstić information content (AvgIpc) is 2.37. The summed E-state index contributed by atoms with van der Waals surface area (Å²) >= 11 is 1.81. The van der Waals surface area contributed by atoms with Crippen LogP contribution in [0.15, 0.2) is 6.07 Å². The van der Waals surface area contributed by atoms with E-state index in [9.17, 15) is 8.42 Å². The maximum Gasteiger partial charge on any atom is 0.147 e. The maximum atomic E-state index is 10.9. The number of hydrogen-bond acceptors (Lipinski definition) is 3. The molecule has 86 valence electrons. The summed E-state index contributed by atoms with van der Waals surface area (Å²) in [7, 11) is -2.78. The van der Waals surface area contributed by atoms with Gasteiger partial charge < -0.3 is 0 Å². The topological polar surface area (TPSA) is 34.1 Å². The second-order valence-electron chi connectivity index (χ2n) is 4.03. The number of rotatable bonds is 5. The van der Waals surface area contributed by atoms with Crippen molar-refractivity contribution in [2.24, 2.45) is 0 Å². The van der Waals surface area contributed by atoms with E-state index in [1.54, 1.807) is 0 Å². The van der Waals surface area contributed by atoms with Gasteiger partial charge >= 0.3 is 0 Å². The fourth-order valence-electron chi connectivity index (χ4n) is 1.61. The van der Waals surface area contributed by atoms with Crippen LogP contribution in [0.25, 0.3) is 0 Å². The lowest BCUT2D eigenvalue weighted by Crippen LogP contribution is -2.03. The molecule has 0 radical (unpaired) electrons. The quantitative estimate of drug-likeness (QED) is 0.749. The molecule has 0 spiro atoms. The number of aryl methyl sites for hydroxylation is 3. The van der Waals surface area contributed by atoms with Crippen LogP contribution in [-0.2, 0) is 16.3 Å². The van der Waals surface area contributed by atoms with E-state index >= 15 is 0 Å². The Kier molecular flexibility index (Phi) is 4.34. The van der Waals surface area contributed by atoms with Crippen LogP contribution in [0.1, 0.15) is 28.2 Å². The van der Waals surface area contributed by atoms with Crippen molar-refractivity contribution in [2.45, 2.75) is 33.1 Å². The standard InChI is InChI=1S/C11H18O2S2/c1-9-8-11(10(2)14-9)6-4-5-7-15(3,12)13/h8H,4-7H2,1-3H3. The second-order valence-corrected chi connectivity index (χ2v) is 7.75. The van der Waals surface area contributed by atoms with Crippen LogP contribution in [0.4, 0.5) is 0 Å². The van der Waals surface area contributed by atoms with Crippen LogP contribution >= 0.6 is 11.3 Å². The Bertz CT molecular complexity index is 416. The number of unbranched alkanes of at least 4 members (excludes halogenated alkanes) is 1. The van der Waals surface area contributed by atoms with Crippen LogP contribution in [0.5, 0.6) is 0 Å². The van der Waals surface area contributed by atoms with Gasteiger partial charge in [-0.05, 0) is 44.7 Å². The lowest BCUT2D eigenvalue weighted by atomic mass is 10.1. The van der Waals surface area contributed by atoms with Gasteiger partial charge in [-0.25, -0.2) is 8.42 Å². The molecule has 15 heavy (non-hydrogen) atoms.